The van der Waals surface area contributed by atoms with Gasteiger partial charge in [0.25, 0.3) is 0 Å². The second kappa shape index (κ2) is 6.01. The molecule has 1 aliphatic rings. The molecule has 1 aliphatic heterocycles. The Morgan fingerprint density at radius 1 is 1.00 bits per heavy atom. The Kier molecular flexibility index (Phi) is 4.08. The van der Waals surface area contributed by atoms with Crippen LogP contribution in [0.2, 0.25) is 0 Å². The topological polar surface area (TPSA) is 21.7 Å². The lowest BCUT2D eigenvalue weighted by Gasteiger charge is -2.39. The predicted molar refractivity (Wildman–Crippen MR) is 88.8 cm³/mol. The molecule has 2 atom stereocenters. The minimum absolute atomic E-state index is 0.342. The molecule has 0 aromatic heterocycles. The van der Waals surface area contributed by atoms with Crippen LogP contribution in [0.3, 0.4) is 0 Å². The average molecular weight is 297 g/mol. The van der Waals surface area contributed by atoms with Crippen LogP contribution in [0.1, 0.15) is 29.5 Å². The number of benzene rings is 2. The fourth-order valence-electron chi connectivity index (χ4n) is 3.41. The molecule has 0 bridgehead atoms. The van der Waals surface area contributed by atoms with Crippen molar-refractivity contribution >= 4 is 0 Å². The van der Waals surface area contributed by atoms with E-state index >= 15 is 0 Å². The van der Waals surface area contributed by atoms with E-state index in [9.17, 15) is 0 Å². The third-order valence-electron chi connectivity index (χ3n) is 4.74. The van der Waals surface area contributed by atoms with Gasteiger partial charge in [-0.25, -0.2) is 0 Å². The average Bonchev–Trinajstić information content (AvgIpc) is 2.55. The molecule has 2 aromatic carbocycles. The van der Waals surface area contributed by atoms with Gasteiger partial charge in [-0.1, -0.05) is 30.3 Å². The Morgan fingerprint density at radius 3 is 2.27 bits per heavy atom. The molecular weight excluding hydrogens is 274 g/mol. The first kappa shape index (κ1) is 14.9. The zero-order valence-electron chi connectivity index (χ0n) is 13.7. The summed E-state index contributed by atoms with van der Waals surface area (Å²) in [7, 11) is 5.56. The first-order valence-electron chi connectivity index (χ1n) is 7.65. The van der Waals surface area contributed by atoms with Crippen LogP contribution in [-0.4, -0.2) is 32.2 Å². The van der Waals surface area contributed by atoms with Gasteiger partial charge < -0.3 is 9.47 Å². The van der Waals surface area contributed by atoms with Gasteiger partial charge in [0.15, 0.2) is 11.5 Å². The number of nitrogens with zero attached hydrogens (tertiary/aromatic N) is 1. The predicted octanol–water partition coefficient (Wildman–Crippen LogP) is 3.67. The van der Waals surface area contributed by atoms with Crippen LogP contribution in [0.25, 0.3) is 0 Å². The van der Waals surface area contributed by atoms with E-state index in [2.05, 4.69) is 61.3 Å². The zero-order chi connectivity index (χ0) is 15.7. The van der Waals surface area contributed by atoms with E-state index in [1.807, 2.05) is 0 Å². The SMILES string of the molecule is COc1cc2c(cc1OC)[C@H](c1ccccc1)[C@@H](C)N(C)C2. The molecule has 3 nitrogen and oxygen atoms in total. The van der Waals surface area contributed by atoms with Gasteiger partial charge in [0.1, 0.15) is 0 Å². The summed E-state index contributed by atoms with van der Waals surface area (Å²) >= 11 is 0. The van der Waals surface area contributed by atoms with E-state index in [0.717, 1.165) is 18.0 Å². The molecule has 0 spiro atoms. The molecule has 0 saturated carbocycles. The summed E-state index contributed by atoms with van der Waals surface area (Å²) in [6.45, 7) is 3.22. The van der Waals surface area contributed by atoms with Crippen LogP contribution >= 0.6 is 0 Å². The van der Waals surface area contributed by atoms with E-state index < -0.39 is 0 Å². The molecule has 2 aromatic rings. The normalized spacial score (nSPS) is 21.3. The zero-order valence-corrected chi connectivity index (χ0v) is 13.7. The molecular formula is C19H23NO2. The summed E-state index contributed by atoms with van der Waals surface area (Å²) in [5.74, 6) is 1.95. The van der Waals surface area contributed by atoms with Gasteiger partial charge in [0.05, 0.1) is 14.2 Å². The van der Waals surface area contributed by atoms with E-state index in [-0.39, 0.29) is 0 Å². The van der Waals surface area contributed by atoms with Crippen molar-refractivity contribution in [1.82, 2.24) is 4.90 Å². The summed E-state index contributed by atoms with van der Waals surface area (Å²) in [4.78, 5) is 2.39. The van der Waals surface area contributed by atoms with Crippen molar-refractivity contribution in [2.45, 2.75) is 25.4 Å². The van der Waals surface area contributed by atoms with Gasteiger partial charge in [-0.3, -0.25) is 4.90 Å². The highest BCUT2D eigenvalue weighted by Gasteiger charge is 2.32. The Bertz CT molecular complexity index is 654. The molecule has 0 fully saturated rings. The molecule has 0 N–H and O–H groups in total. The lowest BCUT2D eigenvalue weighted by molar-refractivity contribution is 0.211. The lowest BCUT2D eigenvalue weighted by atomic mass is 9.79. The maximum Gasteiger partial charge on any atom is 0.161 e. The Balaban J connectivity index is 2.16. The molecule has 3 rings (SSSR count). The van der Waals surface area contributed by atoms with Crippen LogP contribution in [0, 0.1) is 0 Å². The van der Waals surface area contributed by atoms with Gasteiger partial charge >= 0.3 is 0 Å². The maximum atomic E-state index is 5.51. The molecule has 0 aliphatic carbocycles. The first-order valence-corrected chi connectivity index (χ1v) is 7.65. The van der Waals surface area contributed by atoms with Crippen molar-refractivity contribution in [2.24, 2.45) is 0 Å². The third-order valence-corrected chi connectivity index (χ3v) is 4.74. The molecule has 0 amide bonds. The molecule has 116 valence electrons. The Labute approximate surface area is 132 Å². The van der Waals surface area contributed by atoms with Gasteiger partial charge in [-0.2, -0.15) is 0 Å². The summed E-state index contributed by atoms with van der Waals surface area (Å²) in [5.41, 5.74) is 4.00. The highest BCUT2D eigenvalue weighted by molar-refractivity contribution is 5.52. The van der Waals surface area contributed by atoms with E-state index in [1.165, 1.54) is 16.7 Å². The summed E-state index contributed by atoms with van der Waals surface area (Å²) in [6, 6.07) is 15.4. The molecule has 0 radical (unpaired) electrons. The lowest BCUT2D eigenvalue weighted by Crippen LogP contribution is -2.39. The van der Waals surface area contributed by atoms with E-state index in [4.69, 9.17) is 9.47 Å². The van der Waals surface area contributed by atoms with Crippen LogP contribution in [0.5, 0.6) is 11.5 Å². The second-order valence-electron chi connectivity index (χ2n) is 5.95. The highest BCUT2D eigenvalue weighted by Crippen LogP contribution is 2.42. The number of hydrogen-bond donors (Lipinski definition) is 0. The number of hydrogen-bond acceptors (Lipinski definition) is 3. The fraction of sp³-hybridized carbons (Fsp3) is 0.368. The number of fused-ring (bicyclic) bond motifs is 1. The van der Waals surface area contributed by atoms with Crippen LogP contribution in [0.15, 0.2) is 42.5 Å². The van der Waals surface area contributed by atoms with Gasteiger partial charge in [-0.05, 0) is 42.8 Å². The molecule has 3 heteroatoms. The van der Waals surface area contributed by atoms with Gasteiger partial charge in [-0.15, -0.1) is 0 Å². The quantitative estimate of drug-likeness (QED) is 0.863. The van der Waals surface area contributed by atoms with Crippen molar-refractivity contribution in [2.75, 3.05) is 21.3 Å². The van der Waals surface area contributed by atoms with Crippen molar-refractivity contribution in [3.63, 3.8) is 0 Å². The number of methoxy groups -OCH3 is 2. The van der Waals surface area contributed by atoms with Crippen molar-refractivity contribution in [3.05, 3.63) is 59.2 Å². The maximum absolute atomic E-state index is 5.51. The summed E-state index contributed by atoms with van der Waals surface area (Å²) < 4.78 is 11.0. The van der Waals surface area contributed by atoms with Crippen LogP contribution in [-0.2, 0) is 6.54 Å². The number of ether oxygens (including phenoxy) is 2. The van der Waals surface area contributed by atoms with Crippen molar-refractivity contribution < 1.29 is 9.47 Å². The Hall–Kier alpha value is -2.00. The van der Waals surface area contributed by atoms with Gasteiger partial charge in [0.2, 0.25) is 0 Å². The smallest absolute Gasteiger partial charge is 0.161 e. The van der Waals surface area contributed by atoms with Crippen LogP contribution in [0.4, 0.5) is 0 Å². The first-order chi connectivity index (χ1) is 10.7. The largest absolute Gasteiger partial charge is 0.493 e. The van der Waals surface area contributed by atoms with Crippen molar-refractivity contribution in [1.29, 1.82) is 0 Å². The molecule has 0 saturated heterocycles. The third kappa shape index (κ3) is 2.46. The van der Waals surface area contributed by atoms with E-state index in [0.29, 0.717) is 12.0 Å². The molecule has 22 heavy (non-hydrogen) atoms. The minimum atomic E-state index is 0.342. The molecule has 0 unspecified atom stereocenters. The second-order valence-corrected chi connectivity index (χ2v) is 5.95. The number of rotatable bonds is 3. The highest BCUT2D eigenvalue weighted by atomic mass is 16.5. The standard InChI is InChI=1S/C19H23NO2/c1-13-19(14-8-6-5-7-9-14)16-11-18(22-4)17(21-3)10-15(16)12-20(13)2/h5-11,13,19H,12H2,1-4H3/t13-,19+/m1/s1. The minimum Gasteiger partial charge on any atom is -0.493 e. The fourth-order valence-corrected chi connectivity index (χ4v) is 3.41. The van der Waals surface area contributed by atoms with E-state index in [1.54, 1.807) is 14.2 Å². The number of likely N-dealkylation sites (N-methyl/N-ethyl adjacent to an activating group) is 1. The Morgan fingerprint density at radius 2 is 1.64 bits per heavy atom. The summed E-state index contributed by atoms with van der Waals surface area (Å²) in [5, 5.41) is 0. The van der Waals surface area contributed by atoms with Crippen LogP contribution < -0.4 is 9.47 Å². The monoisotopic (exact) mass is 297 g/mol. The summed E-state index contributed by atoms with van der Waals surface area (Å²) in [6.07, 6.45) is 0. The van der Waals surface area contributed by atoms with Gasteiger partial charge in [0, 0.05) is 18.5 Å². The van der Waals surface area contributed by atoms with Crippen molar-refractivity contribution in [3.8, 4) is 11.5 Å². The molecule has 1 heterocycles.